The maximum atomic E-state index is 10.8. The monoisotopic (exact) mass is 342 g/mol. The van der Waals surface area contributed by atoms with Gasteiger partial charge < -0.3 is 4.90 Å². The van der Waals surface area contributed by atoms with Crippen molar-refractivity contribution in [3.8, 4) is 6.07 Å². The number of aromatic nitrogens is 1. The van der Waals surface area contributed by atoms with E-state index in [4.69, 9.17) is 11.6 Å². The van der Waals surface area contributed by atoms with Crippen LogP contribution in [0.1, 0.15) is 24.3 Å². The Morgan fingerprint density at radius 2 is 2.17 bits per heavy atom. The van der Waals surface area contributed by atoms with Gasteiger partial charge in [-0.15, -0.1) is 0 Å². The number of hydrogen-bond donors (Lipinski definition) is 0. The first-order valence-corrected chi connectivity index (χ1v) is 8.00. The van der Waals surface area contributed by atoms with E-state index < -0.39 is 4.92 Å². The summed E-state index contributed by atoms with van der Waals surface area (Å²) < 4.78 is 0. The fraction of sp³-hybridized carbons (Fsp3) is 0.294. The molecule has 3 rings (SSSR count). The van der Waals surface area contributed by atoms with Crippen LogP contribution in [0.2, 0.25) is 5.02 Å². The van der Waals surface area contributed by atoms with Gasteiger partial charge in [0, 0.05) is 12.6 Å². The fourth-order valence-electron chi connectivity index (χ4n) is 3.18. The van der Waals surface area contributed by atoms with E-state index in [1.165, 1.54) is 12.3 Å². The van der Waals surface area contributed by atoms with E-state index in [1.807, 2.05) is 35.2 Å². The maximum absolute atomic E-state index is 10.8. The molecule has 1 aromatic heterocycles. The van der Waals surface area contributed by atoms with Crippen molar-refractivity contribution in [1.82, 2.24) is 4.98 Å². The van der Waals surface area contributed by atoms with Crippen LogP contribution in [0.25, 0.3) is 0 Å². The highest BCUT2D eigenvalue weighted by Gasteiger charge is 2.34. The van der Waals surface area contributed by atoms with Crippen molar-refractivity contribution in [2.75, 3.05) is 11.4 Å². The van der Waals surface area contributed by atoms with Crippen molar-refractivity contribution in [3.63, 3.8) is 0 Å². The molecule has 0 amide bonds. The Balaban J connectivity index is 1.93. The molecular weight excluding hydrogens is 328 g/mol. The van der Waals surface area contributed by atoms with Crippen LogP contribution in [-0.2, 0) is 0 Å². The van der Waals surface area contributed by atoms with Crippen LogP contribution in [0, 0.1) is 21.4 Å². The van der Waals surface area contributed by atoms with Crippen molar-refractivity contribution in [1.29, 1.82) is 5.26 Å². The fourth-order valence-corrected chi connectivity index (χ4v) is 3.45. The number of nitriles is 1. The summed E-state index contributed by atoms with van der Waals surface area (Å²) in [5.74, 6) is 0.197. The normalized spacial score (nSPS) is 18.2. The summed E-state index contributed by atoms with van der Waals surface area (Å²) in [6.07, 6.45) is 2.98. The van der Waals surface area contributed by atoms with E-state index in [-0.39, 0.29) is 22.7 Å². The maximum Gasteiger partial charge on any atom is 0.289 e. The average molecular weight is 343 g/mol. The average Bonchev–Trinajstić information content (AvgIpc) is 3.05. The number of anilines is 1. The lowest BCUT2D eigenvalue weighted by Crippen LogP contribution is -2.34. The number of halogens is 1. The Hall–Kier alpha value is -2.65. The Bertz CT molecular complexity index is 791. The molecule has 24 heavy (non-hydrogen) atoms. The first-order chi connectivity index (χ1) is 11.6. The van der Waals surface area contributed by atoms with Crippen LogP contribution in [0.4, 0.5) is 11.5 Å². The number of hydrogen-bond acceptors (Lipinski definition) is 5. The highest BCUT2D eigenvalue weighted by atomic mass is 35.5. The van der Waals surface area contributed by atoms with Gasteiger partial charge in [0.05, 0.1) is 28.0 Å². The predicted octanol–water partition coefficient (Wildman–Crippen LogP) is 3.92. The molecule has 7 heteroatoms. The summed E-state index contributed by atoms with van der Waals surface area (Å²) in [5, 5.41) is 20.7. The second-order valence-corrected chi connectivity index (χ2v) is 6.08. The highest BCUT2D eigenvalue weighted by molar-refractivity contribution is 6.33. The molecule has 2 unspecified atom stereocenters. The van der Waals surface area contributed by atoms with Gasteiger partial charge in [-0.2, -0.15) is 5.26 Å². The minimum atomic E-state index is -0.522. The first kappa shape index (κ1) is 16.2. The molecule has 0 radical (unpaired) electrons. The van der Waals surface area contributed by atoms with Gasteiger partial charge in [-0.1, -0.05) is 41.9 Å². The van der Waals surface area contributed by atoms with Crippen molar-refractivity contribution in [2.24, 2.45) is 0 Å². The molecule has 1 aromatic carbocycles. The van der Waals surface area contributed by atoms with Gasteiger partial charge in [0.1, 0.15) is 12.0 Å². The largest absolute Gasteiger partial charge is 0.351 e. The molecule has 6 nitrogen and oxygen atoms in total. The van der Waals surface area contributed by atoms with Gasteiger partial charge in [-0.25, -0.2) is 4.98 Å². The Kier molecular flexibility index (Phi) is 4.63. The number of pyridine rings is 1. The van der Waals surface area contributed by atoms with Crippen LogP contribution in [0.3, 0.4) is 0 Å². The van der Waals surface area contributed by atoms with E-state index >= 15 is 0 Å². The highest BCUT2D eigenvalue weighted by Crippen LogP contribution is 2.37. The Morgan fingerprint density at radius 1 is 1.42 bits per heavy atom. The van der Waals surface area contributed by atoms with Crippen molar-refractivity contribution < 1.29 is 4.92 Å². The van der Waals surface area contributed by atoms with Gasteiger partial charge in [-0.3, -0.25) is 10.1 Å². The molecule has 2 atom stereocenters. The molecule has 1 aliphatic rings. The molecule has 0 bridgehead atoms. The smallest absolute Gasteiger partial charge is 0.289 e. The van der Waals surface area contributed by atoms with Gasteiger partial charge in [0.15, 0.2) is 0 Å². The van der Waals surface area contributed by atoms with Crippen LogP contribution in [0.15, 0.2) is 42.6 Å². The van der Waals surface area contributed by atoms with E-state index in [9.17, 15) is 15.4 Å². The van der Waals surface area contributed by atoms with Crippen LogP contribution >= 0.6 is 11.6 Å². The zero-order valence-corrected chi connectivity index (χ0v) is 13.6. The summed E-state index contributed by atoms with van der Waals surface area (Å²) in [4.78, 5) is 16.5. The molecule has 1 saturated heterocycles. The zero-order valence-electron chi connectivity index (χ0n) is 12.8. The van der Waals surface area contributed by atoms with Crippen LogP contribution in [-0.4, -0.2) is 22.5 Å². The van der Waals surface area contributed by atoms with Crippen molar-refractivity contribution in [2.45, 2.75) is 24.8 Å². The van der Waals surface area contributed by atoms with Gasteiger partial charge in [0.2, 0.25) is 0 Å². The lowest BCUT2D eigenvalue weighted by atomic mass is 9.91. The molecule has 0 saturated carbocycles. The summed E-state index contributed by atoms with van der Waals surface area (Å²) >= 11 is 6.22. The van der Waals surface area contributed by atoms with Gasteiger partial charge >= 0.3 is 0 Å². The van der Waals surface area contributed by atoms with E-state index in [2.05, 4.69) is 11.1 Å². The quantitative estimate of drug-likeness (QED) is 0.621. The minimum Gasteiger partial charge on any atom is -0.351 e. The standard InChI is InChI=1S/C17H15ClN4O2/c18-15-9-13(22(23)24)11-20-17(15)21-8-4-7-16(21)14(10-19)12-5-2-1-3-6-12/h1-3,5-6,9,11,14,16H,4,7-8H2. The third-order valence-electron chi connectivity index (χ3n) is 4.27. The molecule has 2 heterocycles. The summed E-state index contributed by atoms with van der Waals surface area (Å²) in [5.41, 5.74) is 0.814. The third kappa shape index (κ3) is 3.03. The van der Waals surface area contributed by atoms with Crippen LogP contribution in [0.5, 0.6) is 0 Å². The van der Waals surface area contributed by atoms with E-state index in [1.54, 1.807) is 0 Å². The van der Waals surface area contributed by atoms with Crippen molar-refractivity contribution >= 4 is 23.1 Å². The molecule has 0 spiro atoms. The predicted molar refractivity (Wildman–Crippen MR) is 91.1 cm³/mol. The van der Waals surface area contributed by atoms with Crippen LogP contribution < -0.4 is 4.90 Å². The zero-order chi connectivity index (χ0) is 17.1. The minimum absolute atomic E-state index is 0.0520. The molecule has 1 aliphatic heterocycles. The van der Waals surface area contributed by atoms with Crippen molar-refractivity contribution in [3.05, 3.63) is 63.3 Å². The van der Waals surface area contributed by atoms with Gasteiger partial charge in [0.25, 0.3) is 5.69 Å². The molecule has 2 aromatic rings. The lowest BCUT2D eigenvalue weighted by Gasteiger charge is -2.29. The number of benzene rings is 1. The summed E-state index contributed by atoms with van der Waals surface area (Å²) in [6.45, 7) is 0.722. The molecule has 1 fully saturated rings. The van der Waals surface area contributed by atoms with Gasteiger partial charge in [-0.05, 0) is 18.4 Å². The number of nitro groups is 1. The van der Waals surface area contributed by atoms with E-state index in [0.29, 0.717) is 5.82 Å². The second-order valence-electron chi connectivity index (χ2n) is 5.68. The lowest BCUT2D eigenvalue weighted by molar-refractivity contribution is -0.385. The molecule has 0 aliphatic carbocycles. The SMILES string of the molecule is N#CC(c1ccccc1)C1CCCN1c1ncc([N+](=O)[O-])cc1Cl. The molecule has 122 valence electrons. The van der Waals surface area contributed by atoms with E-state index in [0.717, 1.165) is 24.9 Å². The second kappa shape index (κ2) is 6.85. The Labute approximate surface area is 144 Å². The Morgan fingerprint density at radius 3 is 2.79 bits per heavy atom. The summed E-state index contributed by atoms with van der Waals surface area (Å²) in [6, 6.07) is 13.3. The topological polar surface area (TPSA) is 83.1 Å². The number of rotatable bonds is 4. The molecular formula is C17H15ClN4O2. The summed E-state index contributed by atoms with van der Waals surface area (Å²) in [7, 11) is 0. The first-order valence-electron chi connectivity index (χ1n) is 7.63. The molecule has 0 N–H and O–H groups in total. The third-order valence-corrected chi connectivity index (χ3v) is 4.55. The number of nitrogens with zero attached hydrogens (tertiary/aromatic N) is 4.